The Morgan fingerprint density at radius 3 is 2.67 bits per heavy atom. The van der Waals surface area contributed by atoms with E-state index in [9.17, 15) is 13.2 Å². The third kappa shape index (κ3) is 5.54. The highest BCUT2D eigenvalue weighted by Gasteiger charge is 2.28. The van der Waals surface area contributed by atoms with Crippen molar-refractivity contribution in [3.05, 3.63) is 24.3 Å². The minimum Gasteiger partial charge on any atom is -0.508 e. The summed E-state index contributed by atoms with van der Waals surface area (Å²) in [5, 5.41) is 9.07. The van der Waals surface area contributed by atoms with Crippen molar-refractivity contribution in [2.45, 2.75) is 11.3 Å². The summed E-state index contributed by atoms with van der Waals surface area (Å²) < 4.78 is 38.3. The van der Waals surface area contributed by atoms with Crippen LogP contribution >= 0.6 is 11.8 Å². The van der Waals surface area contributed by atoms with E-state index >= 15 is 0 Å². The maximum absolute atomic E-state index is 11.6. The molecule has 0 radical (unpaired) electrons. The monoisotopic (exact) mass is 238 g/mol. The van der Waals surface area contributed by atoms with Gasteiger partial charge >= 0.3 is 6.36 Å². The van der Waals surface area contributed by atoms with E-state index in [2.05, 4.69) is 4.74 Å². The van der Waals surface area contributed by atoms with E-state index in [0.717, 1.165) is 0 Å². The fraction of sp³-hybridized carbons (Fsp3) is 0.333. The topological polar surface area (TPSA) is 29.5 Å². The first-order valence-corrected chi connectivity index (χ1v) is 5.08. The Morgan fingerprint density at radius 2 is 2.07 bits per heavy atom. The largest absolute Gasteiger partial charge is 0.522 e. The number of rotatable bonds is 4. The molecule has 0 atom stereocenters. The third-order valence-electron chi connectivity index (χ3n) is 1.44. The first kappa shape index (κ1) is 12.2. The number of halogens is 3. The minimum absolute atomic E-state index is 0.0942. The number of phenolic OH excluding ortho intramolecular Hbond substituents is 1. The number of hydrogen-bond donors (Lipinski definition) is 1. The zero-order valence-electron chi connectivity index (χ0n) is 7.62. The highest BCUT2D eigenvalue weighted by molar-refractivity contribution is 7.99. The molecule has 0 fully saturated rings. The second-order valence-corrected chi connectivity index (χ2v) is 3.81. The summed E-state index contributed by atoms with van der Waals surface area (Å²) in [4.78, 5) is 0.709. The highest BCUT2D eigenvalue weighted by Crippen LogP contribution is 2.23. The van der Waals surface area contributed by atoms with Crippen molar-refractivity contribution in [3.63, 3.8) is 0 Å². The second-order valence-electron chi connectivity index (χ2n) is 2.64. The van der Waals surface area contributed by atoms with Gasteiger partial charge in [-0.1, -0.05) is 6.07 Å². The lowest BCUT2D eigenvalue weighted by Gasteiger charge is -2.06. The van der Waals surface area contributed by atoms with Crippen LogP contribution in [0, 0.1) is 0 Å². The number of benzene rings is 1. The van der Waals surface area contributed by atoms with Gasteiger partial charge in [0.1, 0.15) is 5.75 Å². The Hall–Kier alpha value is -0.880. The van der Waals surface area contributed by atoms with Crippen molar-refractivity contribution >= 4 is 11.8 Å². The van der Waals surface area contributed by atoms with Gasteiger partial charge in [-0.15, -0.1) is 24.9 Å². The normalized spacial score (nSPS) is 11.7. The SMILES string of the molecule is Oc1cccc(SCCOC(F)(F)F)c1. The lowest BCUT2D eigenvalue weighted by molar-refractivity contribution is -0.322. The molecule has 0 saturated carbocycles. The van der Waals surface area contributed by atoms with Crippen LogP contribution in [0.4, 0.5) is 13.2 Å². The van der Waals surface area contributed by atoms with Crippen molar-refractivity contribution in [1.29, 1.82) is 0 Å². The molecule has 0 aliphatic carbocycles. The predicted molar refractivity (Wildman–Crippen MR) is 50.8 cm³/mol. The molecule has 0 aliphatic rings. The summed E-state index contributed by atoms with van der Waals surface area (Å²) >= 11 is 1.19. The lowest BCUT2D eigenvalue weighted by atomic mass is 10.3. The Morgan fingerprint density at radius 1 is 1.33 bits per heavy atom. The maximum Gasteiger partial charge on any atom is 0.522 e. The summed E-state index contributed by atoms with van der Waals surface area (Å²) in [6.07, 6.45) is -4.57. The van der Waals surface area contributed by atoms with Crippen LogP contribution in [0.15, 0.2) is 29.2 Å². The van der Waals surface area contributed by atoms with Gasteiger partial charge in [-0.25, -0.2) is 0 Å². The molecule has 84 valence electrons. The lowest BCUT2D eigenvalue weighted by Crippen LogP contribution is -2.15. The van der Waals surface area contributed by atoms with Gasteiger partial charge in [0.2, 0.25) is 0 Å². The smallest absolute Gasteiger partial charge is 0.508 e. The fourth-order valence-corrected chi connectivity index (χ4v) is 1.67. The molecular formula is C9H9F3O2S. The molecule has 0 heterocycles. The van der Waals surface area contributed by atoms with Crippen LogP contribution in [0.25, 0.3) is 0 Å². The summed E-state index contributed by atoms with van der Waals surface area (Å²) in [6.45, 7) is -0.399. The van der Waals surface area contributed by atoms with Crippen LogP contribution in [-0.2, 0) is 4.74 Å². The molecular weight excluding hydrogens is 229 g/mol. The summed E-state index contributed by atoms with van der Waals surface area (Å²) in [5.41, 5.74) is 0. The van der Waals surface area contributed by atoms with Crippen molar-refractivity contribution in [2.24, 2.45) is 0 Å². The highest BCUT2D eigenvalue weighted by atomic mass is 32.2. The fourth-order valence-electron chi connectivity index (χ4n) is 0.890. The second kappa shape index (κ2) is 5.27. The van der Waals surface area contributed by atoms with Gasteiger partial charge in [-0.3, -0.25) is 4.74 Å². The summed E-state index contributed by atoms with van der Waals surface area (Å²) in [6, 6.07) is 6.31. The van der Waals surface area contributed by atoms with Gasteiger partial charge in [0.25, 0.3) is 0 Å². The Bertz CT molecular complexity index is 314. The molecule has 0 amide bonds. The molecule has 0 aliphatic heterocycles. The molecule has 1 aromatic rings. The zero-order valence-corrected chi connectivity index (χ0v) is 8.44. The third-order valence-corrected chi connectivity index (χ3v) is 2.39. The van der Waals surface area contributed by atoms with Crippen molar-refractivity contribution < 1.29 is 23.0 Å². The van der Waals surface area contributed by atoms with Gasteiger partial charge in [-0.05, 0) is 18.2 Å². The van der Waals surface area contributed by atoms with Crippen LogP contribution in [0.3, 0.4) is 0 Å². The number of phenols is 1. The van der Waals surface area contributed by atoms with Crippen molar-refractivity contribution in [2.75, 3.05) is 12.4 Å². The quantitative estimate of drug-likeness (QED) is 0.645. The van der Waals surface area contributed by atoms with Crippen LogP contribution < -0.4 is 0 Å². The molecule has 0 bridgehead atoms. The standard InChI is InChI=1S/C9H9F3O2S/c10-9(11,12)14-4-5-15-8-3-1-2-7(13)6-8/h1-3,6,13H,4-5H2. The molecule has 15 heavy (non-hydrogen) atoms. The van der Waals surface area contributed by atoms with E-state index in [1.807, 2.05) is 0 Å². The Balaban J connectivity index is 2.26. The first-order chi connectivity index (χ1) is 6.97. The summed E-state index contributed by atoms with van der Waals surface area (Å²) in [5.74, 6) is 0.278. The molecule has 0 aromatic heterocycles. The minimum atomic E-state index is -4.57. The predicted octanol–water partition coefficient (Wildman–Crippen LogP) is 3.02. The van der Waals surface area contributed by atoms with E-state index in [-0.39, 0.29) is 11.5 Å². The molecule has 1 rings (SSSR count). The number of aromatic hydroxyl groups is 1. The first-order valence-electron chi connectivity index (χ1n) is 4.10. The number of thioether (sulfide) groups is 1. The van der Waals surface area contributed by atoms with Crippen LogP contribution in [-0.4, -0.2) is 23.8 Å². The molecule has 1 aromatic carbocycles. The van der Waals surface area contributed by atoms with Crippen LogP contribution in [0.1, 0.15) is 0 Å². The van der Waals surface area contributed by atoms with E-state index < -0.39 is 13.0 Å². The summed E-state index contributed by atoms with van der Waals surface area (Å²) in [7, 11) is 0. The Labute approximate surface area is 89.1 Å². The molecule has 0 unspecified atom stereocenters. The number of alkyl halides is 3. The molecule has 6 heteroatoms. The van der Waals surface area contributed by atoms with E-state index in [1.54, 1.807) is 12.1 Å². The van der Waals surface area contributed by atoms with Crippen molar-refractivity contribution in [3.8, 4) is 5.75 Å². The number of ether oxygens (including phenoxy) is 1. The Kier molecular flexibility index (Phi) is 4.28. The average molecular weight is 238 g/mol. The van der Waals surface area contributed by atoms with Gasteiger partial charge in [0.15, 0.2) is 0 Å². The van der Waals surface area contributed by atoms with Crippen molar-refractivity contribution in [1.82, 2.24) is 0 Å². The number of hydrogen-bond acceptors (Lipinski definition) is 3. The molecule has 1 N–H and O–H groups in total. The molecule has 0 saturated heterocycles. The van der Waals surface area contributed by atoms with Gasteiger partial charge in [0.05, 0.1) is 6.61 Å². The molecule has 0 spiro atoms. The van der Waals surface area contributed by atoms with Gasteiger partial charge in [0, 0.05) is 10.6 Å². The average Bonchev–Trinajstić information content (AvgIpc) is 2.11. The van der Waals surface area contributed by atoms with E-state index in [4.69, 9.17) is 5.11 Å². The van der Waals surface area contributed by atoms with Gasteiger partial charge < -0.3 is 5.11 Å². The van der Waals surface area contributed by atoms with Crippen LogP contribution in [0.2, 0.25) is 0 Å². The van der Waals surface area contributed by atoms with Gasteiger partial charge in [-0.2, -0.15) is 0 Å². The van der Waals surface area contributed by atoms with Crippen LogP contribution in [0.5, 0.6) is 5.75 Å². The molecule has 2 nitrogen and oxygen atoms in total. The van der Waals surface area contributed by atoms with E-state index in [1.165, 1.54) is 23.9 Å². The zero-order chi connectivity index (χ0) is 11.3. The van der Waals surface area contributed by atoms with E-state index in [0.29, 0.717) is 4.90 Å². The maximum atomic E-state index is 11.6.